The van der Waals surface area contributed by atoms with E-state index >= 15 is 0 Å². The number of carbonyl (C=O) groups excluding carboxylic acids is 2. The molecule has 10 heteroatoms. The Kier molecular flexibility index (Phi) is 6.26. The van der Waals surface area contributed by atoms with Gasteiger partial charge in [-0.1, -0.05) is 12.1 Å². The molecule has 1 aromatic carbocycles. The molecule has 1 heterocycles. The van der Waals surface area contributed by atoms with Gasteiger partial charge in [0.2, 0.25) is 5.91 Å². The Balaban J connectivity index is 2.32. The zero-order valence-electron chi connectivity index (χ0n) is 14.6. The van der Waals surface area contributed by atoms with Gasteiger partial charge >= 0.3 is 17.2 Å². The summed E-state index contributed by atoms with van der Waals surface area (Å²) in [5.74, 6) is -1.05. The molecule has 27 heavy (non-hydrogen) atoms. The van der Waals surface area contributed by atoms with E-state index in [0.29, 0.717) is 18.0 Å². The van der Waals surface area contributed by atoms with Crippen LogP contribution in [0.2, 0.25) is 0 Å². The van der Waals surface area contributed by atoms with Gasteiger partial charge in [-0.25, -0.2) is 4.79 Å². The maximum absolute atomic E-state index is 12.3. The first-order valence-corrected chi connectivity index (χ1v) is 7.86. The number of nitrogens with zero attached hydrogens (tertiary/aromatic N) is 2. The van der Waals surface area contributed by atoms with Crippen LogP contribution in [0.15, 0.2) is 41.3 Å². The summed E-state index contributed by atoms with van der Waals surface area (Å²) < 4.78 is 10.7. The molecule has 0 fully saturated rings. The molecule has 1 amide bonds. The van der Waals surface area contributed by atoms with Crippen LogP contribution in [0, 0.1) is 10.1 Å². The van der Waals surface area contributed by atoms with E-state index in [9.17, 15) is 24.5 Å². The van der Waals surface area contributed by atoms with Crippen molar-refractivity contribution in [1.82, 2.24) is 4.57 Å². The number of benzene rings is 1. The van der Waals surface area contributed by atoms with Gasteiger partial charge in [0.25, 0.3) is 0 Å². The summed E-state index contributed by atoms with van der Waals surface area (Å²) in [6, 6.07) is 7.50. The minimum atomic E-state index is -1.01. The lowest BCUT2D eigenvalue weighted by Gasteiger charge is -2.12. The molecule has 10 nitrogen and oxygen atoms in total. The fourth-order valence-corrected chi connectivity index (χ4v) is 2.29. The number of esters is 1. The van der Waals surface area contributed by atoms with E-state index in [1.165, 1.54) is 0 Å². The molecule has 0 unspecified atom stereocenters. The molecule has 0 spiro atoms. The van der Waals surface area contributed by atoms with Gasteiger partial charge in [-0.3, -0.25) is 24.3 Å². The molecule has 0 aliphatic heterocycles. The van der Waals surface area contributed by atoms with Crippen LogP contribution in [0.25, 0.3) is 0 Å². The predicted molar refractivity (Wildman–Crippen MR) is 94.9 cm³/mol. The molecule has 0 bridgehead atoms. The fraction of sp³-hybridized carbons (Fsp3) is 0.235. The van der Waals surface area contributed by atoms with Gasteiger partial charge < -0.3 is 14.8 Å². The maximum atomic E-state index is 12.3. The number of carbonyl (C=O) groups is 2. The summed E-state index contributed by atoms with van der Waals surface area (Å²) in [7, 11) is 1.10. The number of amides is 1. The minimum Gasteiger partial charge on any atom is -0.492 e. The highest BCUT2D eigenvalue weighted by Crippen LogP contribution is 2.23. The van der Waals surface area contributed by atoms with Gasteiger partial charge in [0, 0.05) is 12.3 Å². The molecule has 0 saturated carbocycles. The summed E-state index contributed by atoms with van der Waals surface area (Å²) in [6.45, 7) is 1.64. The Morgan fingerprint density at radius 1 is 1.30 bits per heavy atom. The molecule has 2 rings (SSSR count). The average molecular weight is 375 g/mol. The Bertz CT molecular complexity index is 936. The maximum Gasteiger partial charge on any atom is 0.339 e. The molecule has 0 atom stereocenters. The number of methoxy groups -OCH3 is 1. The molecule has 0 radical (unpaired) electrons. The Morgan fingerprint density at radius 3 is 2.63 bits per heavy atom. The molecule has 0 saturated heterocycles. The lowest BCUT2D eigenvalue weighted by molar-refractivity contribution is -0.386. The summed E-state index contributed by atoms with van der Waals surface area (Å²) in [5, 5.41) is 13.6. The van der Waals surface area contributed by atoms with Crippen molar-refractivity contribution in [3.63, 3.8) is 0 Å². The molecular weight excluding hydrogens is 358 g/mol. The Labute approximate surface area is 153 Å². The van der Waals surface area contributed by atoms with Crippen molar-refractivity contribution < 1.29 is 24.0 Å². The first-order valence-electron chi connectivity index (χ1n) is 7.86. The number of hydrogen-bond donors (Lipinski definition) is 1. The van der Waals surface area contributed by atoms with Gasteiger partial charge in [0.05, 0.1) is 29.9 Å². The lowest BCUT2D eigenvalue weighted by atomic mass is 10.2. The van der Waals surface area contributed by atoms with Crippen LogP contribution in [-0.4, -0.2) is 35.1 Å². The third-order valence-corrected chi connectivity index (χ3v) is 3.46. The van der Waals surface area contributed by atoms with Crippen molar-refractivity contribution >= 4 is 23.3 Å². The molecule has 2 aromatic rings. The quantitative estimate of drug-likeness (QED) is 0.442. The van der Waals surface area contributed by atoms with Gasteiger partial charge in [0.1, 0.15) is 12.3 Å². The van der Waals surface area contributed by atoms with Crippen molar-refractivity contribution in [3.05, 3.63) is 62.6 Å². The highest BCUT2D eigenvalue weighted by atomic mass is 16.6. The first-order chi connectivity index (χ1) is 12.9. The highest BCUT2D eigenvalue weighted by Gasteiger charge is 2.21. The van der Waals surface area contributed by atoms with Crippen LogP contribution in [0.1, 0.15) is 17.3 Å². The SMILES string of the molecule is CCOc1ccccc1NC(=O)Cn1cc(C(=O)OC)cc([N+](=O)[O-])c1=O. The standard InChI is InChI=1S/C17H17N3O7/c1-3-27-14-7-5-4-6-12(14)18-15(21)10-19-9-11(17(23)26-2)8-13(16(19)22)20(24)25/h4-9H,3,10H2,1-2H3,(H,18,21). The van der Waals surface area contributed by atoms with E-state index in [-0.39, 0.29) is 5.56 Å². The van der Waals surface area contributed by atoms with Gasteiger partial charge in [-0.05, 0) is 19.1 Å². The van der Waals surface area contributed by atoms with Crippen LogP contribution < -0.4 is 15.6 Å². The van der Waals surface area contributed by atoms with E-state index in [1.807, 2.05) is 0 Å². The summed E-state index contributed by atoms with van der Waals surface area (Å²) in [4.78, 5) is 46.3. The Morgan fingerprint density at radius 2 is 2.00 bits per heavy atom. The topological polar surface area (TPSA) is 130 Å². The normalized spacial score (nSPS) is 10.1. The zero-order valence-corrected chi connectivity index (χ0v) is 14.6. The van der Waals surface area contributed by atoms with E-state index in [0.717, 1.165) is 23.9 Å². The number of pyridine rings is 1. The first kappa shape index (κ1) is 19.6. The number of nitro groups is 1. The van der Waals surface area contributed by atoms with E-state index in [1.54, 1.807) is 31.2 Å². The van der Waals surface area contributed by atoms with E-state index < -0.39 is 34.6 Å². The van der Waals surface area contributed by atoms with E-state index in [4.69, 9.17) is 4.74 Å². The fourth-order valence-electron chi connectivity index (χ4n) is 2.29. The van der Waals surface area contributed by atoms with Crippen LogP contribution in [0.3, 0.4) is 0 Å². The second-order valence-corrected chi connectivity index (χ2v) is 5.27. The molecule has 142 valence electrons. The number of para-hydroxylation sites is 2. The number of nitrogens with one attached hydrogen (secondary N) is 1. The van der Waals surface area contributed by atoms with Crippen LogP contribution >= 0.6 is 0 Å². The number of aromatic nitrogens is 1. The predicted octanol–water partition coefficient (Wildman–Crippen LogP) is 1.58. The van der Waals surface area contributed by atoms with Crippen molar-refractivity contribution in [2.24, 2.45) is 0 Å². The monoisotopic (exact) mass is 375 g/mol. The number of rotatable bonds is 7. The summed E-state index contributed by atoms with van der Waals surface area (Å²) >= 11 is 0. The van der Waals surface area contributed by atoms with Crippen LogP contribution in [-0.2, 0) is 16.1 Å². The number of hydrogen-bond acceptors (Lipinski definition) is 7. The van der Waals surface area contributed by atoms with Crippen molar-refractivity contribution in [2.45, 2.75) is 13.5 Å². The van der Waals surface area contributed by atoms with Gasteiger partial charge in [-0.15, -0.1) is 0 Å². The second-order valence-electron chi connectivity index (χ2n) is 5.27. The zero-order chi connectivity index (χ0) is 20.0. The Hall–Kier alpha value is -3.69. The van der Waals surface area contributed by atoms with Gasteiger partial charge in [0.15, 0.2) is 0 Å². The number of anilines is 1. The third-order valence-electron chi connectivity index (χ3n) is 3.46. The van der Waals surface area contributed by atoms with Gasteiger partial charge in [-0.2, -0.15) is 0 Å². The smallest absolute Gasteiger partial charge is 0.339 e. The highest BCUT2D eigenvalue weighted by molar-refractivity contribution is 5.92. The largest absolute Gasteiger partial charge is 0.492 e. The van der Waals surface area contributed by atoms with Crippen molar-refractivity contribution in [1.29, 1.82) is 0 Å². The van der Waals surface area contributed by atoms with Crippen LogP contribution in [0.4, 0.5) is 11.4 Å². The average Bonchev–Trinajstić information content (AvgIpc) is 2.64. The molecule has 0 aliphatic rings. The third kappa shape index (κ3) is 4.69. The minimum absolute atomic E-state index is 0.216. The van der Waals surface area contributed by atoms with E-state index in [2.05, 4.69) is 10.1 Å². The number of ether oxygens (including phenoxy) is 2. The molecular formula is C17H17N3O7. The molecule has 1 aromatic heterocycles. The second kappa shape index (κ2) is 8.61. The summed E-state index contributed by atoms with van der Waals surface area (Å²) in [5.41, 5.74) is -1.68. The molecule has 0 aliphatic carbocycles. The van der Waals surface area contributed by atoms with Crippen molar-refractivity contribution in [3.8, 4) is 5.75 Å². The van der Waals surface area contributed by atoms with Crippen LogP contribution in [0.5, 0.6) is 5.75 Å². The van der Waals surface area contributed by atoms with Crippen molar-refractivity contribution in [2.75, 3.05) is 19.0 Å². The summed E-state index contributed by atoms with van der Waals surface area (Å²) in [6.07, 6.45) is 1.04. The lowest BCUT2D eigenvalue weighted by Crippen LogP contribution is -2.29. The molecule has 1 N–H and O–H groups in total.